The van der Waals surface area contributed by atoms with Crippen LogP contribution in [0.5, 0.6) is 0 Å². The number of rotatable bonds is 2. The van der Waals surface area contributed by atoms with E-state index in [1.807, 2.05) is 4.68 Å². The number of urea groups is 1. The Morgan fingerprint density at radius 2 is 2.10 bits per heavy atom. The molecule has 4 aliphatic carbocycles. The molecule has 7 heteroatoms. The fourth-order valence-electron chi connectivity index (χ4n) is 4.93. The van der Waals surface area contributed by atoms with Crippen molar-refractivity contribution in [2.75, 3.05) is 0 Å². The van der Waals surface area contributed by atoms with Crippen LogP contribution in [0.2, 0.25) is 0 Å². The second-order valence-corrected chi connectivity index (χ2v) is 6.79. The molecular formula is C13H18N6O. The number of hydrogen-bond donors (Lipinski definition) is 2. The number of tetrazole rings is 1. The summed E-state index contributed by atoms with van der Waals surface area (Å²) in [4.78, 5) is 12.2. The van der Waals surface area contributed by atoms with Gasteiger partial charge >= 0.3 is 6.03 Å². The Morgan fingerprint density at radius 1 is 1.25 bits per heavy atom. The number of aromatic nitrogens is 4. The lowest BCUT2D eigenvalue weighted by molar-refractivity contribution is 0.226. The lowest BCUT2D eigenvalue weighted by Gasteiger charge is -2.24. The van der Waals surface area contributed by atoms with E-state index in [2.05, 4.69) is 26.2 Å². The van der Waals surface area contributed by atoms with Crippen LogP contribution in [-0.2, 0) is 13.0 Å². The van der Waals surface area contributed by atoms with E-state index < -0.39 is 0 Å². The van der Waals surface area contributed by atoms with Crippen LogP contribution in [0.3, 0.4) is 0 Å². The first-order chi connectivity index (χ1) is 9.79. The first kappa shape index (κ1) is 11.0. The van der Waals surface area contributed by atoms with Crippen molar-refractivity contribution in [1.29, 1.82) is 0 Å². The molecule has 106 valence electrons. The fourth-order valence-corrected chi connectivity index (χ4v) is 4.93. The summed E-state index contributed by atoms with van der Waals surface area (Å²) in [5.41, 5.74) is 0. The smallest absolute Gasteiger partial charge is 0.315 e. The standard InChI is InChI=1S/C13H18N6O/c20-13(15-12-6-3-8-9(4-6)11(8)12)14-7-1-2-19-10(5-7)16-17-18-19/h6-9,11-12H,1-5H2,(H2,14,15,20). The van der Waals surface area contributed by atoms with Crippen molar-refractivity contribution in [3.05, 3.63) is 5.82 Å². The van der Waals surface area contributed by atoms with Gasteiger partial charge in [0.2, 0.25) is 0 Å². The summed E-state index contributed by atoms with van der Waals surface area (Å²) in [5.74, 6) is 4.28. The Kier molecular flexibility index (Phi) is 2.05. The molecule has 4 atom stereocenters. The molecule has 1 aromatic rings. The Bertz CT molecular complexity index is 557. The fraction of sp³-hybridized carbons (Fsp3) is 0.846. The van der Waals surface area contributed by atoms with Gasteiger partial charge in [-0.2, -0.15) is 0 Å². The summed E-state index contributed by atoms with van der Waals surface area (Å²) < 4.78 is 1.82. The molecule has 0 aromatic carbocycles. The van der Waals surface area contributed by atoms with Crippen molar-refractivity contribution < 1.29 is 4.79 Å². The Labute approximate surface area is 116 Å². The van der Waals surface area contributed by atoms with Gasteiger partial charge in [-0.3, -0.25) is 0 Å². The lowest BCUT2D eigenvalue weighted by atomic mass is 10.1. The van der Waals surface area contributed by atoms with Gasteiger partial charge in [0.15, 0.2) is 5.82 Å². The number of nitrogens with zero attached hydrogens (tertiary/aromatic N) is 4. The Balaban J connectivity index is 1.20. The molecule has 2 heterocycles. The van der Waals surface area contributed by atoms with Gasteiger partial charge in [-0.05, 0) is 53.4 Å². The molecule has 20 heavy (non-hydrogen) atoms. The second kappa shape index (κ2) is 3.71. The Morgan fingerprint density at radius 3 is 2.85 bits per heavy atom. The van der Waals surface area contributed by atoms with Gasteiger partial charge < -0.3 is 10.6 Å². The molecule has 0 spiro atoms. The van der Waals surface area contributed by atoms with Crippen LogP contribution in [-0.4, -0.2) is 38.3 Å². The van der Waals surface area contributed by atoms with Crippen molar-refractivity contribution in [3.63, 3.8) is 0 Å². The number of nitrogens with one attached hydrogen (secondary N) is 2. The van der Waals surface area contributed by atoms with Gasteiger partial charge in [-0.15, -0.1) is 5.10 Å². The maximum atomic E-state index is 12.2. The summed E-state index contributed by atoms with van der Waals surface area (Å²) in [6, 6.07) is 0.595. The number of amides is 2. The topological polar surface area (TPSA) is 84.7 Å². The highest BCUT2D eigenvalue weighted by atomic mass is 16.2. The average molecular weight is 274 g/mol. The van der Waals surface area contributed by atoms with E-state index in [1.165, 1.54) is 12.8 Å². The minimum atomic E-state index is -0.000811. The minimum Gasteiger partial charge on any atom is -0.335 e. The van der Waals surface area contributed by atoms with E-state index in [1.54, 1.807) is 0 Å². The number of fused-ring (bicyclic) bond motifs is 1. The third-order valence-electron chi connectivity index (χ3n) is 5.83. The molecule has 4 unspecified atom stereocenters. The van der Waals surface area contributed by atoms with E-state index in [-0.39, 0.29) is 12.1 Å². The summed E-state index contributed by atoms with van der Waals surface area (Å²) in [5, 5.41) is 17.9. The van der Waals surface area contributed by atoms with Gasteiger partial charge in [0.1, 0.15) is 0 Å². The van der Waals surface area contributed by atoms with Crippen molar-refractivity contribution in [3.8, 4) is 0 Å². The number of aryl methyl sites for hydroxylation is 1. The van der Waals surface area contributed by atoms with Crippen LogP contribution in [0.15, 0.2) is 0 Å². The van der Waals surface area contributed by atoms with Gasteiger partial charge in [0, 0.05) is 25.0 Å². The van der Waals surface area contributed by atoms with Crippen molar-refractivity contribution in [2.24, 2.45) is 23.7 Å². The quantitative estimate of drug-likeness (QED) is 0.791. The third kappa shape index (κ3) is 1.46. The molecule has 4 saturated carbocycles. The van der Waals surface area contributed by atoms with Crippen LogP contribution in [0, 0.1) is 23.7 Å². The molecule has 0 saturated heterocycles. The van der Waals surface area contributed by atoms with Crippen LogP contribution >= 0.6 is 0 Å². The average Bonchev–Trinajstić information content (AvgIpc) is 2.94. The summed E-state index contributed by atoms with van der Waals surface area (Å²) in [6.07, 6.45) is 4.31. The molecule has 1 aromatic heterocycles. The zero-order valence-electron chi connectivity index (χ0n) is 11.2. The van der Waals surface area contributed by atoms with Crippen LogP contribution in [0.1, 0.15) is 25.1 Å². The molecule has 5 aliphatic rings. The molecule has 6 rings (SSSR count). The SMILES string of the molecule is O=C(NC1CCn2nnnc2C1)NC1C2CC3C(C2)C31. The van der Waals surface area contributed by atoms with E-state index in [9.17, 15) is 4.79 Å². The maximum absolute atomic E-state index is 12.2. The highest BCUT2D eigenvalue weighted by Gasteiger charge is 2.68. The first-order valence-electron chi connectivity index (χ1n) is 7.61. The second-order valence-electron chi connectivity index (χ2n) is 6.79. The first-order valence-corrected chi connectivity index (χ1v) is 7.61. The lowest BCUT2D eigenvalue weighted by Crippen LogP contribution is -2.49. The van der Waals surface area contributed by atoms with Crippen molar-refractivity contribution in [2.45, 2.75) is 44.3 Å². The highest BCUT2D eigenvalue weighted by Crippen LogP contribution is 2.70. The normalized spacial score (nSPS) is 43.2. The van der Waals surface area contributed by atoms with E-state index in [0.29, 0.717) is 6.04 Å². The van der Waals surface area contributed by atoms with Gasteiger partial charge in [0.25, 0.3) is 0 Å². The number of hydrogen-bond acceptors (Lipinski definition) is 4. The minimum absolute atomic E-state index is 0.000811. The Hall–Kier alpha value is -1.66. The van der Waals surface area contributed by atoms with E-state index in [0.717, 1.165) is 48.9 Å². The number of carbonyl (C=O) groups excluding carboxylic acids is 1. The molecular weight excluding hydrogens is 256 g/mol. The molecule has 4 bridgehead atoms. The zero-order chi connectivity index (χ0) is 13.3. The molecule has 0 radical (unpaired) electrons. The summed E-state index contributed by atoms with van der Waals surface area (Å²) in [6.45, 7) is 0.784. The van der Waals surface area contributed by atoms with Crippen molar-refractivity contribution in [1.82, 2.24) is 30.8 Å². The molecule has 2 N–H and O–H groups in total. The summed E-state index contributed by atoms with van der Waals surface area (Å²) >= 11 is 0. The highest BCUT2D eigenvalue weighted by molar-refractivity contribution is 5.75. The largest absolute Gasteiger partial charge is 0.335 e. The van der Waals surface area contributed by atoms with E-state index in [4.69, 9.17) is 0 Å². The van der Waals surface area contributed by atoms with E-state index >= 15 is 0 Å². The van der Waals surface area contributed by atoms with Gasteiger partial charge in [-0.1, -0.05) is 0 Å². The third-order valence-corrected chi connectivity index (χ3v) is 5.83. The zero-order valence-corrected chi connectivity index (χ0v) is 11.2. The predicted octanol–water partition coefficient (Wildman–Crippen LogP) is -0.0585. The molecule has 4 fully saturated rings. The monoisotopic (exact) mass is 274 g/mol. The predicted molar refractivity (Wildman–Crippen MR) is 68.6 cm³/mol. The van der Waals surface area contributed by atoms with Crippen LogP contribution < -0.4 is 10.6 Å². The number of carbonyl (C=O) groups is 1. The van der Waals surface area contributed by atoms with Gasteiger partial charge in [0.05, 0.1) is 0 Å². The molecule has 7 nitrogen and oxygen atoms in total. The maximum Gasteiger partial charge on any atom is 0.315 e. The van der Waals surface area contributed by atoms with Crippen LogP contribution in [0.25, 0.3) is 0 Å². The van der Waals surface area contributed by atoms with Gasteiger partial charge in [-0.25, -0.2) is 9.48 Å². The van der Waals surface area contributed by atoms with Crippen molar-refractivity contribution >= 4 is 6.03 Å². The van der Waals surface area contributed by atoms with Crippen LogP contribution in [0.4, 0.5) is 4.79 Å². The summed E-state index contributed by atoms with van der Waals surface area (Å²) in [7, 11) is 0. The molecule has 2 amide bonds. The molecule has 1 aliphatic heterocycles.